The van der Waals surface area contributed by atoms with Gasteiger partial charge in [0.05, 0.1) is 22.5 Å². The van der Waals surface area contributed by atoms with Gasteiger partial charge >= 0.3 is 5.97 Å². The van der Waals surface area contributed by atoms with Gasteiger partial charge < -0.3 is 10.2 Å². The summed E-state index contributed by atoms with van der Waals surface area (Å²) >= 11 is 0. The molecular formula is C29H21F2N3O4. The Morgan fingerprint density at radius 1 is 0.947 bits per heavy atom. The average molecular weight is 514 g/mol. The Bertz CT molecular complexity index is 1670. The lowest BCUT2D eigenvalue weighted by molar-refractivity contribution is -0.111. The maximum Gasteiger partial charge on any atom is 0.335 e. The number of aromatic carboxylic acids is 1. The standard InChI is InChI=1S/C29H21F2N3O4/c1-15-9-10-19(13-16(15)2)34-23-12-11-21(30)25(31)24(23)26(28(34)36)33-32-22-8-4-7-20(27(22)35)17-5-3-6-18(14-17)29(37)38/h3-14,32,35H,1-2H3,(H,37,38)/b33-26-. The molecule has 3 N–H and O–H groups in total. The molecule has 7 nitrogen and oxygen atoms in total. The lowest BCUT2D eigenvalue weighted by Crippen LogP contribution is -2.26. The number of fused-ring (bicyclic) bond motifs is 1. The van der Waals surface area contributed by atoms with Gasteiger partial charge in [0.15, 0.2) is 17.3 Å². The number of anilines is 3. The van der Waals surface area contributed by atoms with E-state index in [0.717, 1.165) is 17.2 Å². The molecule has 9 heteroatoms. The van der Waals surface area contributed by atoms with Crippen molar-refractivity contribution in [2.24, 2.45) is 5.10 Å². The summed E-state index contributed by atoms with van der Waals surface area (Å²) < 4.78 is 29.2. The highest BCUT2D eigenvalue weighted by Gasteiger charge is 2.39. The first-order valence-electron chi connectivity index (χ1n) is 11.6. The van der Waals surface area contributed by atoms with Gasteiger partial charge in [-0.05, 0) is 73.0 Å². The number of benzene rings is 4. The number of phenols is 1. The van der Waals surface area contributed by atoms with Crippen LogP contribution in [0.15, 0.2) is 77.9 Å². The SMILES string of the molecule is Cc1ccc(N2C(=O)/C(=N\Nc3cccc(-c4cccc(C(=O)O)c4)c3O)c3c2ccc(F)c3F)cc1C. The highest BCUT2D eigenvalue weighted by molar-refractivity contribution is 6.55. The van der Waals surface area contributed by atoms with Gasteiger partial charge in [0.2, 0.25) is 0 Å². The van der Waals surface area contributed by atoms with E-state index in [1.54, 1.807) is 36.4 Å². The van der Waals surface area contributed by atoms with Crippen LogP contribution in [0.5, 0.6) is 5.75 Å². The normalized spacial score (nSPS) is 13.6. The van der Waals surface area contributed by atoms with Crippen LogP contribution in [-0.4, -0.2) is 27.8 Å². The van der Waals surface area contributed by atoms with Crippen LogP contribution in [0.3, 0.4) is 0 Å². The van der Waals surface area contributed by atoms with Gasteiger partial charge in [0.1, 0.15) is 5.75 Å². The minimum Gasteiger partial charge on any atom is -0.505 e. The van der Waals surface area contributed by atoms with Crippen LogP contribution in [0.2, 0.25) is 0 Å². The van der Waals surface area contributed by atoms with Crippen LogP contribution in [-0.2, 0) is 4.79 Å². The van der Waals surface area contributed by atoms with Gasteiger partial charge in [-0.3, -0.25) is 15.1 Å². The molecule has 1 heterocycles. The predicted molar refractivity (Wildman–Crippen MR) is 140 cm³/mol. The fraction of sp³-hybridized carbons (Fsp3) is 0.0690. The van der Waals surface area contributed by atoms with E-state index in [-0.39, 0.29) is 34.0 Å². The molecule has 0 bridgehead atoms. The molecule has 5 rings (SSSR count). The van der Waals surface area contributed by atoms with Crippen molar-refractivity contribution in [1.82, 2.24) is 0 Å². The summed E-state index contributed by atoms with van der Waals surface area (Å²) in [6.07, 6.45) is 0. The first kappa shape index (κ1) is 24.6. The van der Waals surface area contributed by atoms with Crippen molar-refractivity contribution >= 4 is 34.7 Å². The molecule has 0 spiro atoms. The Morgan fingerprint density at radius 3 is 2.45 bits per heavy atom. The topological polar surface area (TPSA) is 102 Å². The third-order valence-electron chi connectivity index (χ3n) is 6.45. The number of hydrazone groups is 1. The first-order valence-corrected chi connectivity index (χ1v) is 11.6. The maximum atomic E-state index is 15.0. The lowest BCUT2D eigenvalue weighted by atomic mass is 10.0. The summed E-state index contributed by atoms with van der Waals surface area (Å²) in [4.78, 5) is 26.1. The zero-order valence-corrected chi connectivity index (χ0v) is 20.3. The van der Waals surface area contributed by atoms with E-state index in [1.807, 2.05) is 19.9 Å². The summed E-state index contributed by atoms with van der Waals surface area (Å²) in [6.45, 7) is 3.80. The molecule has 190 valence electrons. The molecule has 38 heavy (non-hydrogen) atoms. The molecule has 0 unspecified atom stereocenters. The summed E-state index contributed by atoms with van der Waals surface area (Å²) in [7, 11) is 0. The molecule has 0 radical (unpaired) electrons. The molecule has 1 amide bonds. The number of rotatable bonds is 5. The van der Waals surface area contributed by atoms with Gasteiger partial charge in [-0.1, -0.05) is 30.3 Å². The second-order valence-electron chi connectivity index (χ2n) is 8.82. The first-order chi connectivity index (χ1) is 18.2. The van der Waals surface area contributed by atoms with Gasteiger partial charge in [-0.25, -0.2) is 13.6 Å². The number of para-hydroxylation sites is 1. The molecule has 4 aromatic rings. The minimum absolute atomic E-state index is 0.0394. The zero-order valence-electron chi connectivity index (χ0n) is 20.3. The highest BCUT2D eigenvalue weighted by Crippen LogP contribution is 2.40. The number of carboxylic acids is 1. The zero-order chi connectivity index (χ0) is 27.1. The van der Waals surface area contributed by atoms with E-state index < -0.39 is 23.5 Å². The van der Waals surface area contributed by atoms with Crippen LogP contribution in [0, 0.1) is 25.5 Å². The molecular weight excluding hydrogens is 492 g/mol. The van der Waals surface area contributed by atoms with Gasteiger partial charge in [0, 0.05) is 11.3 Å². The third-order valence-corrected chi connectivity index (χ3v) is 6.45. The summed E-state index contributed by atoms with van der Waals surface area (Å²) in [5, 5.41) is 24.3. The molecule has 1 aliphatic heterocycles. The summed E-state index contributed by atoms with van der Waals surface area (Å²) in [6, 6.07) is 18.2. The number of amides is 1. The number of hydrogen-bond acceptors (Lipinski definition) is 5. The lowest BCUT2D eigenvalue weighted by Gasteiger charge is -2.18. The van der Waals surface area contributed by atoms with Gasteiger partial charge in [0.25, 0.3) is 5.91 Å². The molecule has 0 aliphatic carbocycles. The van der Waals surface area contributed by atoms with E-state index in [4.69, 9.17) is 0 Å². The van der Waals surface area contributed by atoms with Gasteiger partial charge in [-0.2, -0.15) is 5.10 Å². The number of carbonyl (C=O) groups excluding carboxylic acids is 1. The molecule has 1 aliphatic rings. The van der Waals surface area contributed by atoms with Crippen LogP contribution in [0.4, 0.5) is 25.8 Å². The molecule has 0 saturated heterocycles. The van der Waals surface area contributed by atoms with Crippen LogP contribution in [0.25, 0.3) is 11.1 Å². The second kappa shape index (κ2) is 9.44. The van der Waals surface area contributed by atoms with Crippen LogP contribution in [0.1, 0.15) is 27.0 Å². The van der Waals surface area contributed by atoms with Crippen molar-refractivity contribution in [2.45, 2.75) is 13.8 Å². The number of phenolic OH excluding ortho intramolecular Hbond substituents is 1. The predicted octanol–water partition coefficient (Wildman–Crippen LogP) is 6.15. The number of aromatic hydroxyl groups is 1. The fourth-order valence-electron chi connectivity index (χ4n) is 4.30. The number of carbonyl (C=O) groups is 2. The highest BCUT2D eigenvalue weighted by atomic mass is 19.2. The van der Waals surface area contributed by atoms with E-state index in [9.17, 15) is 28.6 Å². The van der Waals surface area contributed by atoms with E-state index in [2.05, 4.69) is 10.5 Å². The molecule has 0 saturated carbocycles. The monoisotopic (exact) mass is 513 g/mol. The Balaban J connectivity index is 1.56. The minimum atomic E-state index is -1.22. The Kier molecular flexibility index (Phi) is 6.12. The number of carboxylic acid groups (broad SMARTS) is 1. The third kappa shape index (κ3) is 4.13. The van der Waals surface area contributed by atoms with Crippen LogP contribution >= 0.6 is 0 Å². The number of aryl methyl sites for hydroxylation is 2. The molecule has 0 fully saturated rings. The largest absolute Gasteiger partial charge is 0.505 e. The Labute approximate surface area is 216 Å². The van der Waals surface area contributed by atoms with Crippen molar-refractivity contribution < 1.29 is 28.6 Å². The number of nitrogens with zero attached hydrogens (tertiary/aromatic N) is 2. The quantitative estimate of drug-likeness (QED) is 0.220. The maximum absolute atomic E-state index is 15.0. The van der Waals surface area contributed by atoms with Crippen LogP contribution < -0.4 is 10.3 Å². The molecule has 0 aromatic heterocycles. The Hall–Kier alpha value is -5.05. The van der Waals surface area contributed by atoms with Gasteiger partial charge in [-0.15, -0.1) is 0 Å². The number of halogens is 2. The summed E-state index contributed by atoms with van der Waals surface area (Å²) in [5.74, 6) is -4.41. The molecule has 4 aromatic carbocycles. The molecule has 0 atom stereocenters. The second-order valence-corrected chi connectivity index (χ2v) is 8.82. The van der Waals surface area contributed by atoms with Crippen molar-refractivity contribution in [3.05, 3.63) is 107 Å². The van der Waals surface area contributed by atoms with Crippen molar-refractivity contribution in [3.63, 3.8) is 0 Å². The number of hydrogen-bond donors (Lipinski definition) is 3. The Morgan fingerprint density at radius 2 is 1.71 bits per heavy atom. The smallest absolute Gasteiger partial charge is 0.335 e. The van der Waals surface area contributed by atoms with Crippen molar-refractivity contribution in [2.75, 3.05) is 10.3 Å². The van der Waals surface area contributed by atoms with Crippen molar-refractivity contribution in [3.8, 4) is 16.9 Å². The average Bonchev–Trinajstić information content (AvgIpc) is 3.19. The van der Waals surface area contributed by atoms with E-state index >= 15 is 0 Å². The van der Waals surface area contributed by atoms with Crippen molar-refractivity contribution in [1.29, 1.82) is 0 Å². The summed E-state index contributed by atoms with van der Waals surface area (Å²) in [5.41, 5.74) is 5.33. The van der Waals surface area contributed by atoms with E-state index in [0.29, 0.717) is 16.8 Å². The fourth-order valence-corrected chi connectivity index (χ4v) is 4.30. The number of nitrogens with one attached hydrogen (secondary N) is 1. The van der Waals surface area contributed by atoms with E-state index in [1.165, 1.54) is 29.2 Å².